The highest BCUT2D eigenvalue weighted by Gasteiger charge is 2.43. The molecular weight excluding hydrogens is 374 g/mol. The van der Waals surface area contributed by atoms with E-state index in [9.17, 15) is 9.59 Å². The van der Waals surface area contributed by atoms with E-state index < -0.39 is 6.04 Å². The zero-order valence-corrected chi connectivity index (χ0v) is 17.1. The molecule has 2 aliphatic heterocycles. The summed E-state index contributed by atoms with van der Waals surface area (Å²) in [7, 11) is 0. The van der Waals surface area contributed by atoms with Crippen LogP contribution in [-0.2, 0) is 4.79 Å². The molecule has 2 aromatic rings. The SMILES string of the molecule is Cc1nc(C)c(C(=O)N2C[C@@H](Oc3ccccc3)C[C@H]2C(=O)N2CCCC2)s1. The van der Waals surface area contributed by atoms with Gasteiger partial charge in [0.2, 0.25) is 5.91 Å². The second kappa shape index (κ2) is 7.91. The van der Waals surface area contributed by atoms with Gasteiger partial charge in [0.1, 0.15) is 22.8 Å². The van der Waals surface area contributed by atoms with E-state index in [4.69, 9.17) is 4.74 Å². The Morgan fingerprint density at radius 3 is 2.50 bits per heavy atom. The first-order chi connectivity index (χ1) is 13.5. The first kappa shape index (κ1) is 18.9. The molecule has 6 nitrogen and oxygen atoms in total. The number of benzene rings is 1. The maximum atomic E-state index is 13.3. The van der Waals surface area contributed by atoms with Crippen molar-refractivity contribution in [2.24, 2.45) is 0 Å². The summed E-state index contributed by atoms with van der Waals surface area (Å²) in [6.07, 6.45) is 2.39. The first-order valence-electron chi connectivity index (χ1n) is 9.78. The van der Waals surface area contributed by atoms with Crippen molar-refractivity contribution in [1.82, 2.24) is 14.8 Å². The lowest BCUT2D eigenvalue weighted by molar-refractivity contribution is -0.134. The number of para-hydroxylation sites is 1. The lowest BCUT2D eigenvalue weighted by Gasteiger charge is -2.27. The molecule has 0 radical (unpaired) electrons. The number of carbonyl (C=O) groups is 2. The van der Waals surface area contributed by atoms with Gasteiger partial charge in [0, 0.05) is 19.5 Å². The lowest BCUT2D eigenvalue weighted by Crippen LogP contribution is -2.46. The van der Waals surface area contributed by atoms with Crippen molar-refractivity contribution in [2.45, 2.75) is 45.3 Å². The number of amides is 2. The second-order valence-corrected chi connectivity index (χ2v) is 8.64. The monoisotopic (exact) mass is 399 g/mol. The maximum absolute atomic E-state index is 13.3. The number of carbonyl (C=O) groups excluding carboxylic acids is 2. The Morgan fingerprint density at radius 1 is 1.14 bits per heavy atom. The zero-order valence-electron chi connectivity index (χ0n) is 16.3. The number of thiazole rings is 1. The molecule has 0 bridgehead atoms. The molecule has 28 heavy (non-hydrogen) atoms. The molecule has 2 atom stereocenters. The molecule has 0 spiro atoms. The van der Waals surface area contributed by atoms with E-state index in [1.54, 1.807) is 4.90 Å². The van der Waals surface area contributed by atoms with Gasteiger partial charge < -0.3 is 14.5 Å². The van der Waals surface area contributed by atoms with E-state index in [0.29, 0.717) is 17.8 Å². The standard InChI is InChI=1S/C21H25N3O3S/c1-14-19(28-15(2)22-14)21(26)24-13-17(27-16-8-4-3-5-9-16)12-18(24)20(25)23-10-6-7-11-23/h3-5,8-9,17-18H,6-7,10-13H2,1-2H3/t17-,18-/m0/s1. The van der Waals surface area contributed by atoms with Crippen LogP contribution < -0.4 is 4.74 Å². The van der Waals surface area contributed by atoms with E-state index in [1.807, 2.05) is 49.1 Å². The molecule has 1 aromatic carbocycles. The molecule has 0 unspecified atom stereocenters. The highest BCUT2D eigenvalue weighted by Crippen LogP contribution is 2.29. The summed E-state index contributed by atoms with van der Waals surface area (Å²) in [6, 6.07) is 9.11. The second-order valence-electron chi connectivity index (χ2n) is 7.44. The predicted octanol–water partition coefficient (Wildman–Crippen LogP) is 3.04. The number of hydrogen-bond acceptors (Lipinski definition) is 5. The van der Waals surface area contributed by atoms with Gasteiger partial charge in [-0.3, -0.25) is 9.59 Å². The minimum absolute atomic E-state index is 0.0453. The van der Waals surface area contributed by atoms with Gasteiger partial charge in [0.25, 0.3) is 5.91 Å². The van der Waals surface area contributed by atoms with Crippen molar-refractivity contribution in [3.63, 3.8) is 0 Å². The smallest absolute Gasteiger partial charge is 0.266 e. The van der Waals surface area contributed by atoms with Crippen molar-refractivity contribution in [3.05, 3.63) is 45.9 Å². The quantitative estimate of drug-likeness (QED) is 0.793. The minimum Gasteiger partial charge on any atom is -0.488 e. The number of aromatic nitrogens is 1. The normalized spacial score (nSPS) is 21.9. The van der Waals surface area contributed by atoms with Crippen molar-refractivity contribution in [1.29, 1.82) is 0 Å². The van der Waals surface area contributed by atoms with Gasteiger partial charge in [-0.05, 0) is 38.8 Å². The van der Waals surface area contributed by atoms with Crippen molar-refractivity contribution < 1.29 is 14.3 Å². The topological polar surface area (TPSA) is 62.7 Å². The summed E-state index contributed by atoms with van der Waals surface area (Å²) in [5.74, 6) is 0.697. The number of likely N-dealkylation sites (tertiary alicyclic amines) is 2. The fourth-order valence-corrected chi connectivity index (χ4v) is 4.92. The highest BCUT2D eigenvalue weighted by atomic mass is 32.1. The molecule has 2 amide bonds. The van der Waals surface area contributed by atoms with E-state index in [-0.39, 0.29) is 17.9 Å². The average Bonchev–Trinajstić information content (AvgIpc) is 3.42. The molecule has 2 aliphatic rings. The summed E-state index contributed by atoms with van der Waals surface area (Å²) in [6.45, 7) is 5.71. The number of ether oxygens (including phenoxy) is 1. The number of rotatable bonds is 4. The van der Waals surface area contributed by atoms with Crippen LogP contribution >= 0.6 is 11.3 Å². The van der Waals surface area contributed by atoms with Crippen molar-refractivity contribution in [3.8, 4) is 5.75 Å². The van der Waals surface area contributed by atoms with Crippen LogP contribution in [0.2, 0.25) is 0 Å². The molecule has 0 saturated carbocycles. The average molecular weight is 400 g/mol. The summed E-state index contributed by atoms with van der Waals surface area (Å²) >= 11 is 1.39. The third-order valence-electron chi connectivity index (χ3n) is 5.37. The first-order valence-corrected chi connectivity index (χ1v) is 10.6. The zero-order chi connectivity index (χ0) is 19.7. The Balaban J connectivity index is 1.57. The molecule has 0 N–H and O–H groups in total. The van der Waals surface area contributed by atoms with Gasteiger partial charge in [0.05, 0.1) is 17.2 Å². The molecule has 7 heteroatoms. The third kappa shape index (κ3) is 3.76. The fraction of sp³-hybridized carbons (Fsp3) is 0.476. The molecule has 1 aromatic heterocycles. The van der Waals surface area contributed by atoms with Gasteiger partial charge >= 0.3 is 0 Å². The summed E-state index contributed by atoms with van der Waals surface area (Å²) in [5.41, 5.74) is 0.729. The summed E-state index contributed by atoms with van der Waals surface area (Å²) < 4.78 is 6.09. The number of aryl methyl sites for hydroxylation is 2. The molecule has 2 fully saturated rings. The van der Waals surface area contributed by atoms with Crippen LogP contribution in [0, 0.1) is 13.8 Å². The Bertz CT molecular complexity index is 861. The van der Waals surface area contributed by atoms with Gasteiger partial charge in [-0.1, -0.05) is 18.2 Å². The molecule has 2 saturated heterocycles. The Kier molecular flexibility index (Phi) is 5.35. The maximum Gasteiger partial charge on any atom is 0.266 e. The summed E-state index contributed by atoms with van der Waals surface area (Å²) in [4.78, 5) is 35.0. The van der Waals surface area contributed by atoms with Gasteiger partial charge in [-0.2, -0.15) is 0 Å². The molecule has 3 heterocycles. The van der Waals surface area contributed by atoms with Crippen LogP contribution in [-0.4, -0.2) is 58.4 Å². The largest absolute Gasteiger partial charge is 0.488 e. The fourth-order valence-electron chi connectivity index (χ4n) is 4.04. The van der Waals surface area contributed by atoms with E-state index in [2.05, 4.69) is 4.98 Å². The number of hydrogen-bond donors (Lipinski definition) is 0. The van der Waals surface area contributed by atoms with Gasteiger partial charge in [-0.25, -0.2) is 4.98 Å². The highest BCUT2D eigenvalue weighted by molar-refractivity contribution is 7.13. The summed E-state index contributed by atoms with van der Waals surface area (Å²) in [5, 5.41) is 0.861. The van der Waals surface area contributed by atoms with Crippen molar-refractivity contribution >= 4 is 23.2 Å². The van der Waals surface area contributed by atoms with Gasteiger partial charge in [-0.15, -0.1) is 11.3 Å². The van der Waals surface area contributed by atoms with Crippen LogP contribution in [0.5, 0.6) is 5.75 Å². The van der Waals surface area contributed by atoms with Crippen molar-refractivity contribution in [2.75, 3.05) is 19.6 Å². The molecular formula is C21H25N3O3S. The molecule has 4 rings (SSSR count). The van der Waals surface area contributed by atoms with Crippen LogP contribution in [0.4, 0.5) is 0 Å². The number of nitrogens with zero attached hydrogens (tertiary/aromatic N) is 3. The van der Waals surface area contributed by atoms with Crippen LogP contribution in [0.3, 0.4) is 0 Å². The van der Waals surface area contributed by atoms with E-state index >= 15 is 0 Å². The van der Waals surface area contributed by atoms with Crippen LogP contribution in [0.15, 0.2) is 30.3 Å². The molecule has 148 valence electrons. The third-order valence-corrected chi connectivity index (χ3v) is 6.43. The lowest BCUT2D eigenvalue weighted by atomic mass is 10.1. The molecule has 0 aliphatic carbocycles. The Morgan fingerprint density at radius 2 is 1.86 bits per heavy atom. The van der Waals surface area contributed by atoms with Crippen LogP contribution in [0.1, 0.15) is 39.6 Å². The van der Waals surface area contributed by atoms with Crippen LogP contribution in [0.25, 0.3) is 0 Å². The minimum atomic E-state index is -0.471. The van der Waals surface area contributed by atoms with Gasteiger partial charge in [0.15, 0.2) is 0 Å². The van der Waals surface area contributed by atoms with E-state index in [0.717, 1.165) is 42.4 Å². The Labute approximate surface area is 169 Å². The Hall–Kier alpha value is -2.41. The predicted molar refractivity (Wildman–Crippen MR) is 108 cm³/mol. The van der Waals surface area contributed by atoms with E-state index in [1.165, 1.54) is 11.3 Å².